The van der Waals surface area contributed by atoms with Crippen LogP contribution < -0.4 is 18.3 Å². The van der Waals surface area contributed by atoms with Gasteiger partial charge in [0.2, 0.25) is 22.8 Å². The van der Waals surface area contributed by atoms with E-state index in [9.17, 15) is 0 Å². The van der Waals surface area contributed by atoms with Gasteiger partial charge in [0.15, 0.2) is 24.8 Å². The molecule has 0 N–H and O–H groups in total. The third-order valence-corrected chi connectivity index (χ3v) is 24.7. The van der Waals surface area contributed by atoms with Crippen LogP contribution in [0.1, 0.15) is 111 Å². The summed E-state index contributed by atoms with van der Waals surface area (Å²) in [6, 6.07) is 76.8. The summed E-state index contributed by atoms with van der Waals surface area (Å²) in [5.74, 6) is 0. The molecule has 24 aromatic rings. The fourth-order valence-corrected chi connectivity index (χ4v) is 18.9. The van der Waals surface area contributed by atoms with Crippen molar-refractivity contribution in [3.8, 4) is 45.0 Å². The van der Waals surface area contributed by atoms with Crippen LogP contribution in [-0.4, -0.2) is 0 Å². The lowest BCUT2D eigenvalue weighted by Crippen LogP contribution is -2.32. The summed E-state index contributed by atoms with van der Waals surface area (Å²) in [7, 11) is 7.75. The van der Waals surface area contributed by atoms with Crippen LogP contribution in [-0.2, 0) is 40.9 Å². The van der Waals surface area contributed by atoms with Crippen LogP contribution in [0.15, 0.2) is 291 Å². The molecule has 0 saturated heterocycles. The summed E-state index contributed by atoms with van der Waals surface area (Å²) in [4.78, 5) is 0. The quantitative estimate of drug-likeness (QED) is 0.151. The standard InChI is InChI=1S/C31H30NO2.C30H28NO2.C27H22NO2.C26H20NO2/c1-18-11-12-22-29-26(14-13-25-28(29)21-9-7-8-10-24(21)33-25)34-30(22)27(18)23-15-20(16-31(3,4)5)19(2)17-32(23)6;1-18-10-11-21-28-25(13-12-24-27(28)20-8-6-7-9-23(20)32-24)33-29(21)26(18)22-16-19(14-15-31(22)5)17-30(2,3)4;1-15-9-10-19-26-23(12-11-22-25(26)18-7-5-6-8-21(18)29-22)30-27(19)24(15)20-13-16(2)17(3)14-28(20)4;1-15-12-13-27(3)19(14-15)23-16(2)8-9-18-25-22(29-26(18)23)11-10-21-24(25)17-6-4-5-7-20(17)28-21/h7-15,17H,16H2,1-6H3;6-16H,17H2,1-5H3;5-14H,1-4H3;4-14H,1-3H3/q4*+1/i2D3,16D2;17D2;3D3;. The minimum Gasteiger partial charge on any atom is -0.456 e. The number of rotatable bonds is 6. The highest BCUT2D eigenvalue weighted by molar-refractivity contribution is 6.31. The number of benzene rings is 12. The molecule has 0 saturated carbocycles. The van der Waals surface area contributed by atoms with E-state index >= 15 is 0 Å². The van der Waals surface area contributed by atoms with Gasteiger partial charge >= 0.3 is 0 Å². The summed E-state index contributed by atoms with van der Waals surface area (Å²) in [6.07, 6.45) is 3.90. The Labute approximate surface area is 743 Å². The fraction of sp³-hybridized carbons (Fsp3) is 0.193. The van der Waals surface area contributed by atoms with E-state index in [4.69, 9.17) is 49.0 Å². The third-order valence-electron chi connectivity index (χ3n) is 24.7. The van der Waals surface area contributed by atoms with E-state index < -0.39 is 37.3 Å². The van der Waals surface area contributed by atoms with Gasteiger partial charge in [-0.1, -0.05) is 163 Å². The van der Waals surface area contributed by atoms with E-state index in [1.54, 1.807) is 50.8 Å². The van der Waals surface area contributed by atoms with Gasteiger partial charge in [0.05, 0.1) is 22.3 Å². The molecule has 0 atom stereocenters. The van der Waals surface area contributed by atoms with Crippen molar-refractivity contribution in [2.75, 3.05) is 0 Å². The van der Waals surface area contributed by atoms with Crippen molar-refractivity contribution in [1.29, 1.82) is 0 Å². The smallest absolute Gasteiger partial charge is 0.216 e. The molecule has 12 nitrogen and oxygen atoms in total. The first kappa shape index (κ1) is 68.1. The second-order valence-electron chi connectivity index (χ2n) is 35.9. The number of para-hydroxylation sites is 4. The molecule has 12 aromatic heterocycles. The van der Waals surface area contributed by atoms with Crippen molar-refractivity contribution < 1.29 is 67.3 Å². The summed E-state index contributed by atoms with van der Waals surface area (Å²) < 4.78 is 142. The van der Waals surface area contributed by atoms with E-state index in [1.165, 1.54) is 11.1 Å². The van der Waals surface area contributed by atoms with Crippen molar-refractivity contribution >= 4 is 176 Å². The summed E-state index contributed by atoms with van der Waals surface area (Å²) in [5.41, 5.74) is 26.8. The van der Waals surface area contributed by atoms with Crippen LogP contribution in [0.2, 0.25) is 0 Å². The van der Waals surface area contributed by atoms with Crippen LogP contribution in [0.5, 0.6) is 0 Å². The van der Waals surface area contributed by atoms with Gasteiger partial charge in [-0.15, -0.1) is 0 Å². The van der Waals surface area contributed by atoms with Crippen LogP contribution >= 0.6 is 0 Å². The molecule has 12 heteroatoms. The van der Waals surface area contributed by atoms with E-state index in [2.05, 4.69) is 118 Å². The first-order chi connectivity index (χ1) is 64.6. The second kappa shape index (κ2) is 29.7. The highest BCUT2D eigenvalue weighted by atomic mass is 16.4. The van der Waals surface area contributed by atoms with Gasteiger partial charge in [-0.25, -0.2) is 18.3 Å². The van der Waals surface area contributed by atoms with Crippen LogP contribution in [0.25, 0.3) is 221 Å². The number of nitrogens with zero attached hydrogens (tertiary/aromatic N) is 4. The molecule has 0 unspecified atom stereocenters. The molecular weight excluding hydrogens is 1550 g/mol. The van der Waals surface area contributed by atoms with Gasteiger partial charge in [-0.2, -0.15) is 0 Å². The van der Waals surface area contributed by atoms with Crippen molar-refractivity contribution in [3.05, 3.63) is 311 Å². The minimum atomic E-state index is -2.47. The number of fused-ring (bicyclic) bond motifs is 28. The Kier molecular flexibility index (Phi) is 16.1. The summed E-state index contributed by atoms with van der Waals surface area (Å²) in [6.45, 7) is 18.8. The molecule has 0 amide bonds. The molecule has 0 aliphatic heterocycles. The van der Waals surface area contributed by atoms with Gasteiger partial charge in [0, 0.05) is 147 Å². The van der Waals surface area contributed by atoms with Gasteiger partial charge in [0.1, 0.15) is 118 Å². The summed E-state index contributed by atoms with van der Waals surface area (Å²) in [5, 5.41) is 16.8. The lowest BCUT2D eigenvalue weighted by atomic mass is 9.86. The van der Waals surface area contributed by atoms with Gasteiger partial charge < -0.3 is 35.3 Å². The molecule has 126 heavy (non-hydrogen) atoms. The fourth-order valence-electron chi connectivity index (χ4n) is 18.9. The molecule has 0 fully saturated rings. The van der Waals surface area contributed by atoms with Crippen LogP contribution in [0.4, 0.5) is 0 Å². The lowest BCUT2D eigenvalue weighted by Gasteiger charge is -2.19. The zero-order valence-corrected chi connectivity index (χ0v) is 73.3. The maximum absolute atomic E-state index is 9.00. The molecule has 620 valence electrons. The number of pyridine rings is 4. The number of hydrogen-bond acceptors (Lipinski definition) is 8. The largest absolute Gasteiger partial charge is 0.456 e. The van der Waals surface area contributed by atoms with Gasteiger partial charge in [-0.05, 0) is 196 Å². The third kappa shape index (κ3) is 13.2. The van der Waals surface area contributed by atoms with E-state index in [0.29, 0.717) is 22.4 Å². The Balaban J connectivity index is 0.000000109. The van der Waals surface area contributed by atoms with E-state index in [0.717, 1.165) is 232 Å². The maximum Gasteiger partial charge on any atom is 0.216 e. The number of furan rings is 8. The average molecular weight is 1660 g/mol. The first-order valence-corrected chi connectivity index (χ1v) is 42.7. The van der Waals surface area contributed by atoms with E-state index in [1.807, 2.05) is 216 Å². The molecule has 12 heterocycles. The zero-order valence-electron chi connectivity index (χ0n) is 83.3. The van der Waals surface area contributed by atoms with Crippen molar-refractivity contribution in [2.45, 2.75) is 110 Å². The van der Waals surface area contributed by atoms with Crippen molar-refractivity contribution in [1.82, 2.24) is 0 Å². The number of aromatic nitrogens is 4. The van der Waals surface area contributed by atoms with Gasteiger partial charge in [0.25, 0.3) is 0 Å². The minimum absolute atomic E-state index is 0.00897. The summed E-state index contributed by atoms with van der Waals surface area (Å²) >= 11 is 0. The molecule has 0 aliphatic carbocycles. The van der Waals surface area contributed by atoms with Crippen molar-refractivity contribution in [2.24, 2.45) is 39.0 Å². The highest BCUT2D eigenvalue weighted by Gasteiger charge is 2.31. The highest BCUT2D eigenvalue weighted by Crippen LogP contribution is 2.49. The molecule has 0 aliphatic rings. The maximum atomic E-state index is 9.00. The van der Waals surface area contributed by atoms with Crippen molar-refractivity contribution in [3.63, 3.8) is 0 Å². The van der Waals surface area contributed by atoms with Crippen LogP contribution in [0, 0.1) is 66.1 Å². The molecule has 12 aromatic carbocycles. The Bertz CT molecular complexity index is 9140. The topological polar surface area (TPSA) is 121 Å². The van der Waals surface area contributed by atoms with Gasteiger partial charge in [-0.3, -0.25) is 0 Å². The lowest BCUT2D eigenvalue weighted by molar-refractivity contribution is -0.660. The van der Waals surface area contributed by atoms with Crippen LogP contribution in [0.3, 0.4) is 0 Å². The molecule has 0 radical (unpaired) electrons. The molecular formula is C114H100N4O8+4. The Morgan fingerprint density at radius 1 is 0.262 bits per heavy atom. The monoisotopic (exact) mass is 1660 g/mol. The average Bonchev–Trinajstić information content (AvgIpc) is 1.58. The Morgan fingerprint density at radius 2 is 0.556 bits per heavy atom. The SMILES string of the molecule is Cc1cc[n+](C)c(-c2c(C)ccc3c2oc2ccc4oc5ccccc5c4c23)c1.[2H]C([2H])([2H])c1c[n+](C)c(-c2c(C)ccc3c2oc2ccc4oc5ccccc5c4c23)cc1C.[2H]C([2H])([2H])c1c[n+](C)c(-c2c(C)ccc3c2oc2ccc4oc5ccccc5c4c23)cc1C([2H])([2H])C(C)(C)C.[2H]C([2H])(c1cc[n+](C)c(-c2c(C)ccc3c2oc2ccc4oc5ccccc5c4c23)c1)C(C)(C)C. The Morgan fingerprint density at radius 3 is 0.897 bits per heavy atom. The predicted molar refractivity (Wildman–Crippen MR) is 515 cm³/mol. The first-order valence-electron chi connectivity index (χ1n) is 47.7. The predicted octanol–water partition coefficient (Wildman–Crippen LogP) is 29.6. The molecule has 0 spiro atoms. The Hall–Kier alpha value is -14.4. The molecule has 24 rings (SSSR count). The van der Waals surface area contributed by atoms with E-state index in [-0.39, 0.29) is 11.1 Å². The second-order valence-corrected chi connectivity index (χ2v) is 35.9. The zero-order chi connectivity index (χ0) is 95.5. The number of aryl methyl sites for hydroxylation is 12. The number of hydrogen-bond donors (Lipinski definition) is 0. The normalized spacial score (nSPS) is 13.9. The molecule has 0 bridgehead atoms.